The number of carbonyl (C=O) groups excluding carboxylic acids is 1. The van der Waals surface area contributed by atoms with Crippen LogP contribution in [0.4, 0.5) is 0 Å². The predicted molar refractivity (Wildman–Crippen MR) is 72.6 cm³/mol. The number of Topliss-reactive ketones (excluding diaryl/α,β-unsaturated/α-hetero) is 1. The molecule has 0 aliphatic heterocycles. The van der Waals surface area contributed by atoms with Gasteiger partial charge < -0.3 is 4.52 Å². The van der Waals surface area contributed by atoms with Crippen LogP contribution >= 0.6 is 0 Å². The van der Waals surface area contributed by atoms with E-state index in [9.17, 15) is 4.79 Å². The molecular weight excluding hydrogens is 240 g/mol. The highest BCUT2D eigenvalue weighted by molar-refractivity contribution is 5.80. The smallest absolute Gasteiger partial charge is 0.234 e. The van der Waals surface area contributed by atoms with Gasteiger partial charge in [-0.05, 0) is 18.9 Å². The van der Waals surface area contributed by atoms with Crippen LogP contribution in [0.2, 0.25) is 0 Å². The molecule has 1 aromatic heterocycles. The molecule has 0 amide bonds. The standard InChI is InChI=1S/C15H18N2O2/c1-10(2)7-13(18)9-14-16-15(17-19-14)12-6-4-5-11(3)8-12/h4-6,8,10H,7,9H2,1-3H3. The van der Waals surface area contributed by atoms with Crippen molar-refractivity contribution in [2.45, 2.75) is 33.6 Å². The number of hydrogen-bond donors (Lipinski definition) is 0. The molecule has 0 N–H and O–H groups in total. The van der Waals surface area contributed by atoms with Crippen molar-refractivity contribution < 1.29 is 9.32 Å². The summed E-state index contributed by atoms with van der Waals surface area (Å²) in [5, 5.41) is 3.92. The molecule has 0 saturated heterocycles. The largest absolute Gasteiger partial charge is 0.339 e. The zero-order valence-corrected chi connectivity index (χ0v) is 11.5. The normalized spacial score (nSPS) is 10.9. The average Bonchev–Trinajstić information content (AvgIpc) is 2.76. The van der Waals surface area contributed by atoms with E-state index in [2.05, 4.69) is 10.1 Å². The molecule has 100 valence electrons. The van der Waals surface area contributed by atoms with E-state index in [1.54, 1.807) is 0 Å². The molecule has 2 aromatic rings. The average molecular weight is 258 g/mol. The number of nitrogens with zero attached hydrogens (tertiary/aromatic N) is 2. The first-order valence-corrected chi connectivity index (χ1v) is 6.46. The van der Waals surface area contributed by atoms with E-state index in [-0.39, 0.29) is 12.2 Å². The van der Waals surface area contributed by atoms with E-state index in [0.29, 0.717) is 24.1 Å². The Balaban J connectivity index is 2.09. The van der Waals surface area contributed by atoms with Crippen molar-refractivity contribution in [2.75, 3.05) is 0 Å². The summed E-state index contributed by atoms with van der Waals surface area (Å²) >= 11 is 0. The summed E-state index contributed by atoms with van der Waals surface area (Å²) in [6.45, 7) is 6.05. The van der Waals surface area contributed by atoms with Gasteiger partial charge in [-0.15, -0.1) is 0 Å². The lowest BCUT2D eigenvalue weighted by atomic mass is 10.1. The van der Waals surface area contributed by atoms with Gasteiger partial charge in [0.1, 0.15) is 5.78 Å². The second-order valence-corrected chi connectivity index (χ2v) is 5.19. The van der Waals surface area contributed by atoms with Gasteiger partial charge >= 0.3 is 0 Å². The van der Waals surface area contributed by atoms with E-state index >= 15 is 0 Å². The molecule has 0 saturated carbocycles. The summed E-state index contributed by atoms with van der Waals surface area (Å²) in [6.07, 6.45) is 0.763. The van der Waals surface area contributed by atoms with Crippen LogP contribution in [0, 0.1) is 12.8 Å². The summed E-state index contributed by atoms with van der Waals surface area (Å²) in [6, 6.07) is 7.88. The Labute approximate surface area is 112 Å². The molecule has 1 heterocycles. The fourth-order valence-electron chi connectivity index (χ4n) is 1.92. The minimum absolute atomic E-state index is 0.134. The highest BCUT2D eigenvalue weighted by Crippen LogP contribution is 2.17. The third-order valence-electron chi connectivity index (χ3n) is 2.73. The first kappa shape index (κ1) is 13.5. The van der Waals surface area contributed by atoms with Crippen molar-refractivity contribution >= 4 is 5.78 Å². The van der Waals surface area contributed by atoms with Crippen molar-refractivity contribution in [3.8, 4) is 11.4 Å². The first-order chi connectivity index (χ1) is 9.04. The van der Waals surface area contributed by atoms with Crippen molar-refractivity contribution in [3.63, 3.8) is 0 Å². The Hall–Kier alpha value is -1.97. The van der Waals surface area contributed by atoms with Gasteiger partial charge in [-0.3, -0.25) is 4.79 Å². The molecule has 0 unspecified atom stereocenters. The van der Waals surface area contributed by atoms with Crippen LogP contribution in [-0.2, 0) is 11.2 Å². The quantitative estimate of drug-likeness (QED) is 0.826. The Kier molecular flexibility index (Phi) is 4.10. The summed E-state index contributed by atoms with van der Waals surface area (Å²) in [4.78, 5) is 16.0. The number of carbonyl (C=O) groups is 1. The maximum Gasteiger partial charge on any atom is 0.234 e. The maximum absolute atomic E-state index is 11.7. The Morgan fingerprint density at radius 2 is 2.16 bits per heavy atom. The minimum Gasteiger partial charge on any atom is -0.339 e. The van der Waals surface area contributed by atoms with Crippen LogP contribution in [0.15, 0.2) is 28.8 Å². The van der Waals surface area contributed by atoms with E-state index in [0.717, 1.165) is 11.1 Å². The second kappa shape index (κ2) is 5.78. The molecule has 4 heteroatoms. The van der Waals surface area contributed by atoms with Gasteiger partial charge in [0.25, 0.3) is 0 Å². The lowest BCUT2D eigenvalue weighted by Gasteiger charge is -2.00. The van der Waals surface area contributed by atoms with Crippen LogP contribution in [0.25, 0.3) is 11.4 Å². The fraction of sp³-hybridized carbons (Fsp3) is 0.400. The number of aromatic nitrogens is 2. The van der Waals surface area contributed by atoms with Gasteiger partial charge in [0.15, 0.2) is 0 Å². The molecular formula is C15H18N2O2. The van der Waals surface area contributed by atoms with Crippen LogP contribution in [0.5, 0.6) is 0 Å². The molecule has 0 aliphatic rings. The van der Waals surface area contributed by atoms with Crippen LogP contribution in [0.3, 0.4) is 0 Å². The monoisotopic (exact) mass is 258 g/mol. The van der Waals surface area contributed by atoms with Gasteiger partial charge in [0, 0.05) is 12.0 Å². The van der Waals surface area contributed by atoms with Crippen molar-refractivity contribution in [1.82, 2.24) is 10.1 Å². The number of rotatable bonds is 5. The molecule has 0 radical (unpaired) electrons. The SMILES string of the molecule is Cc1cccc(-c2noc(CC(=O)CC(C)C)n2)c1. The van der Waals surface area contributed by atoms with Gasteiger partial charge in [0.2, 0.25) is 11.7 Å². The molecule has 0 fully saturated rings. The molecule has 2 rings (SSSR count). The molecule has 0 aliphatic carbocycles. The zero-order valence-electron chi connectivity index (χ0n) is 11.5. The maximum atomic E-state index is 11.7. The Morgan fingerprint density at radius 1 is 1.37 bits per heavy atom. The molecule has 0 bridgehead atoms. The molecule has 0 atom stereocenters. The lowest BCUT2D eigenvalue weighted by Crippen LogP contribution is -2.06. The number of hydrogen-bond acceptors (Lipinski definition) is 4. The van der Waals surface area contributed by atoms with E-state index in [1.165, 1.54) is 0 Å². The summed E-state index contributed by atoms with van der Waals surface area (Å²) in [5.41, 5.74) is 2.05. The van der Waals surface area contributed by atoms with Crippen LogP contribution in [0.1, 0.15) is 31.7 Å². The van der Waals surface area contributed by atoms with Crippen molar-refractivity contribution in [1.29, 1.82) is 0 Å². The third-order valence-corrected chi connectivity index (χ3v) is 2.73. The van der Waals surface area contributed by atoms with E-state index < -0.39 is 0 Å². The highest BCUT2D eigenvalue weighted by Gasteiger charge is 2.13. The first-order valence-electron chi connectivity index (χ1n) is 6.46. The molecule has 1 aromatic carbocycles. The van der Waals surface area contributed by atoms with Gasteiger partial charge in [0.05, 0.1) is 6.42 Å². The van der Waals surface area contributed by atoms with E-state index in [4.69, 9.17) is 4.52 Å². The number of aryl methyl sites for hydroxylation is 1. The van der Waals surface area contributed by atoms with Crippen molar-refractivity contribution in [2.24, 2.45) is 5.92 Å². The zero-order chi connectivity index (χ0) is 13.8. The second-order valence-electron chi connectivity index (χ2n) is 5.19. The van der Waals surface area contributed by atoms with Gasteiger partial charge in [-0.2, -0.15) is 4.98 Å². The number of benzene rings is 1. The third kappa shape index (κ3) is 3.74. The van der Waals surface area contributed by atoms with Crippen molar-refractivity contribution in [3.05, 3.63) is 35.7 Å². The topological polar surface area (TPSA) is 56.0 Å². The summed E-state index contributed by atoms with van der Waals surface area (Å²) in [5.74, 6) is 1.42. The highest BCUT2D eigenvalue weighted by atomic mass is 16.5. The van der Waals surface area contributed by atoms with Gasteiger partial charge in [-0.25, -0.2) is 0 Å². The van der Waals surface area contributed by atoms with E-state index in [1.807, 2.05) is 45.0 Å². The molecule has 4 nitrogen and oxygen atoms in total. The molecule has 0 spiro atoms. The summed E-state index contributed by atoms with van der Waals surface area (Å²) < 4.78 is 5.13. The predicted octanol–water partition coefficient (Wildman–Crippen LogP) is 3.20. The lowest BCUT2D eigenvalue weighted by molar-refractivity contribution is -0.119. The fourth-order valence-corrected chi connectivity index (χ4v) is 1.92. The van der Waals surface area contributed by atoms with Gasteiger partial charge in [-0.1, -0.05) is 42.8 Å². The number of ketones is 1. The van der Waals surface area contributed by atoms with Crippen LogP contribution in [-0.4, -0.2) is 15.9 Å². The Morgan fingerprint density at radius 3 is 2.84 bits per heavy atom. The van der Waals surface area contributed by atoms with Crippen LogP contribution < -0.4 is 0 Å². The molecule has 19 heavy (non-hydrogen) atoms. The Bertz CT molecular complexity index is 573. The minimum atomic E-state index is 0.134. The summed E-state index contributed by atoms with van der Waals surface area (Å²) in [7, 11) is 0.